The molecule has 0 aliphatic carbocycles. The summed E-state index contributed by atoms with van der Waals surface area (Å²) in [6, 6.07) is 5.48. The Labute approximate surface area is 147 Å². The van der Waals surface area contributed by atoms with Crippen molar-refractivity contribution in [3.05, 3.63) is 43.4 Å². The first-order valence-electron chi connectivity index (χ1n) is 6.13. The summed E-state index contributed by atoms with van der Waals surface area (Å²) in [6.45, 7) is 2.12. The second-order valence-corrected chi connectivity index (χ2v) is 7.17. The first-order chi connectivity index (χ1) is 10.5. The molecule has 9 heteroatoms. The average molecular weight is 450 g/mol. The Hall–Kier alpha value is -1.39. The molecule has 0 aromatic carbocycles. The number of aromatic nitrogens is 3. The van der Waals surface area contributed by atoms with Crippen LogP contribution in [0.3, 0.4) is 0 Å². The standard InChI is InChI=1S/C13H9ClIN3O3S/c1-6-11(12(19)20)16-13(15)18(6)5-7-4-8(21-17-7)9-2-3-10(14)22-9/h2-4H,5H2,1H3,(H,19,20). The normalized spacial score (nSPS) is 11.0. The summed E-state index contributed by atoms with van der Waals surface area (Å²) in [7, 11) is 0. The molecule has 0 spiro atoms. The van der Waals surface area contributed by atoms with Crippen molar-refractivity contribution in [1.29, 1.82) is 0 Å². The molecule has 3 aromatic heterocycles. The summed E-state index contributed by atoms with van der Waals surface area (Å²) in [5.41, 5.74) is 1.33. The molecule has 6 nitrogen and oxygen atoms in total. The van der Waals surface area contributed by atoms with E-state index < -0.39 is 5.97 Å². The number of hydrogen-bond donors (Lipinski definition) is 1. The quantitative estimate of drug-likeness (QED) is 0.611. The smallest absolute Gasteiger partial charge is 0.356 e. The lowest BCUT2D eigenvalue weighted by Crippen LogP contribution is -2.06. The molecule has 0 fully saturated rings. The monoisotopic (exact) mass is 449 g/mol. The highest BCUT2D eigenvalue weighted by Crippen LogP contribution is 2.31. The summed E-state index contributed by atoms with van der Waals surface area (Å²) in [5, 5.41) is 13.1. The fraction of sp³-hybridized carbons (Fsp3) is 0.154. The predicted octanol–water partition coefficient (Wildman–Crippen LogP) is 3.91. The van der Waals surface area contributed by atoms with Crippen LogP contribution < -0.4 is 0 Å². The second-order valence-electron chi connectivity index (χ2n) is 4.49. The molecule has 0 atom stereocenters. The van der Waals surface area contributed by atoms with Crippen molar-refractivity contribution < 1.29 is 14.4 Å². The van der Waals surface area contributed by atoms with Crippen LogP contribution in [0.5, 0.6) is 0 Å². The number of carboxylic acid groups (broad SMARTS) is 1. The number of hydrogen-bond acceptors (Lipinski definition) is 5. The van der Waals surface area contributed by atoms with E-state index in [1.54, 1.807) is 17.6 Å². The van der Waals surface area contributed by atoms with Crippen LogP contribution in [-0.2, 0) is 6.54 Å². The van der Waals surface area contributed by atoms with Gasteiger partial charge in [-0.1, -0.05) is 16.8 Å². The van der Waals surface area contributed by atoms with Gasteiger partial charge in [-0.2, -0.15) is 0 Å². The highest BCUT2D eigenvalue weighted by atomic mass is 127. The van der Waals surface area contributed by atoms with E-state index in [1.165, 1.54) is 11.3 Å². The zero-order valence-corrected chi connectivity index (χ0v) is 14.9. The molecular formula is C13H9ClIN3O3S. The van der Waals surface area contributed by atoms with Crippen molar-refractivity contribution in [1.82, 2.24) is 14.7 Å². The van der Waals surface area contributed by atoms with Crippen LogP contribution >= 0.6 is 45.5 Å². The molecule has 0 unspecified atom stereocenters. The molecule has 114 valence electrons. The third kappa shape index (κ3) is 2.90. The van der Waals surface area contributed by atoms with E-state index in [0.717, 1.165) is 4.88 Å². The number of imidazole rings is 1. The van der Waals surface area contributed by atoms with Gasteiger partial charge in [-0.05, 0) is 41.6 Å². The van der Waals surface area contributed by atoms with Gasteiger partial charge in [0.15, 0.2) is 15.3 Å². The molecule has 0 bridgehead atoms. The van der Waals surface area contributed by atoms with Crippen LogP contribution in [0, 0.1) is 10.8 Å². The lowest BCUT2D eigenvalue weighted by molar-refractivity contribution is 0.0690. The van der Waals surface area contributed by atoms with Gasteiger partial charge in [0.2, 0.25) is 0 Å². The lowest BCUT2D eigenvalue weighted by Gasteiger charge is -2.03. The molecule has 0 saturated heterocycles. The Kier molecular flexibility index (Phi) is 4.24. The van der Waals surface area contributed by atoms with Gasteiger partial charge in [0.05, 0.1) is 21.5 Å². The minimum absolute atomic E-state index is 0.0538. The fourth-order valence-corrected chi connectivity index (χ4v) is 3.76. The number of carbonyl (C=O) groups is 1. The average Bonchev–Trinajstić information content (AvgIpc) is 3.14. The molecule has 0 saturated carbocycles. The van der Waals surface area contributed by atoms with Crippen LogP contribution in [0.25, 0.3) is 10.6 Å². The first-order valence-corrected chi connectivity index (χ1v) is 8.40. The topological polar surface area (TPSA) is 81.1 Å². The zero-order chi connectivity index (χ0) is 15.9. The zero-order valence-electron chi connectivity index (χ0n) is 11.2. The molecule has 0 aliphatic heterocycles. The second kappa shape index (κ2) is 6.01. The first kappa shape index (κ1) is 15.5. The van der Waals surface area contributed by atoms with Gasteiger partial charge < -0.3 is 14.2 Å². The largest absolute Gasteiger partial charge is 0.476 e. The summed E-state index contributed by atoms with van der Waals surface area (Å²) in [5.74, 6) is -0.402. The van der Waals surface area contributed by atoms with Crippen molar-refractivity contribution in [2.75, 3.05) is 0 Å². The van der Waals surface area contributed by atoms with Crippen molar-refractivity contribution in [2.45, 2.75) is 13.5 Å². The Morgan fingerprint density at radius 1 is 1.55 bits per heavy atom. The third-order valence-electron chi connectivity index (χ3n) is 3.07. The van der Waals surface area contributed by atoms with Gasteiger partial charge in [-0.3, -0.25) is 0 Å². The van der Waals surface area contributed by atoms with Crippen LogP contribution in [0.4, 0.5) is 0 Å². The molecule has 3 heterocycles. The van der Waals surface area contributed by atoms with Gasteiger partial charge in [0, 0.05) is 6.07 Å². The van der Waals surface area contributed by atoms with E-state index in [0.29, 0.717) is 31.9 Å². The number of rotatable bonds is 4. The van der Waals surface area contributed by atoms with Gasteiger partial charge >= 0.3 is 5.97 Å². The van der Waals surface area contributed by atoms with Crippen molar-refractivity contribution in [3.63, 3.8) is 0 Å². The third-order valence-corrected chi connectivity index (χ3v) is 5.14. The Morgan fingerprint density at radius 3 is 2.91 bits per heavy atom. The summed E-state index contributed by atoms with van der Waals surface area (Å²) < 4.78 is 8.38. The minimum atomic E-state index is -1.04. The number of nitrogens with zero attached hydrogens (tertiary/aromatic N) is 3. The Bertz CT molecular complexity index is 855. The number of thiophene rings is 1. The molecule has 3 rings (SSSR count). The lowest BCUT2D eigenvalue weighted by atomic mass is 10.3. The van der Waals surface area contributed by atoms with Gasteiger partial charge in [-0.15, -0.1) is 11.3 Å². The summed E-state index contributed by atoms with van der Waals surface area (Å²) >= 11 is 9.32. The molecule has 0 radical (unpaired) electrons. The highest BCUT2D eigenvalue weighted by Gasteiger charge is 2.19. The van der Waals surface area contributed by atoms with E-state index >= 15 is 0 Å². The van der Waals surface area contributed by atoms with Crippen LogP contribution in [0.1, 0.15) is 21.9 Å². The molecule has 1 N–H and O–H groups in total. The molecule has 0 aliphatic rings. The van der Waals surface area contributed by atoms with Gasteiger partial charge in [-0.25, -0.2) is 9.78 Å². The Morgan fingerprint density at radius 2 is 2.32 bits per heavy atom. The molecule has 3 aromatic rings. The molecular weight excluding hydrogens is 441 g/mol. The van der Waals surface area contributed by atoms with E-state index in [9.17, 15) is 4.79 Å². The van der Waals surface area contributed by atoms with E-state index in [4.69, 9.17) is 21.2 Å². The fourth-order valence-electron chi connectivity index (χ4n) is 2.00. The number of aromatic carboxylic acids is 1. The van der Waals surface area contributed by atoms with Crippen LogP contribution in [0.2, 0.25) is 4.34 Å². The molecule has 22 heavy (non-hydrogen) atoms. The van der Waals surface area contributed by atoms with Crippen molar-refractivity contribution >= 4 is 51.5 Å². The maximum absolute atomic E-state index is 11.1. The van der Waals surface area contributed by atoms with Crippen LogP contribution in [-0.4, -0.2) is 25.8 Å². The number of halogens is 2. The maximum atomic E-state index is 11.1. The number of carboxylic acids is 1. The van der Waals surface area contributed by atoms with Crippen LogP contribution in [0.15, 0.2) is 22.7 Å². The maximum Gasteiger partial charge on any atom is 0.356 e. The predicted molar refractivity (Wildman–Crippen MR) is 90.6 cm³/mol. The van der Waals surface area contributed by atoms with Crippen molar-refractivity contribution in [3.8, 4) is 10.6 Å². The van der Waals surface area contributed by atoms with E-state index in [1.807, 2.05) is 34.7 Å². The Balaban J connectivity index is 1.88. The minimum Gasteiger partial charge on any atom is -0.476 e. The highest BCUT2D eigenvalue weighted by molar-refractivity contribution is 14.1. The van der Waals surface area contributed by atoms with Crippen molar-refractivity contribution in [2.24, 2.45) is 0 Å². The summed E-state index contributed by atoms with van der Waals surface area (Å²) in [6.07, 6.45) is 0. The van der Waals surface area contributed by atoms with Gasteiger partial charge in [0.25, 0.3) is 0 Å². The summed E-state index contributed by atoms with van der Waals surface area (Å²) in [4.78, 5) is 16.1. The van der Waals surface area contributed by atoms with E-state index in [2.05, 4.69) is 10.1 Å². The SMILES string of the molecule is Cc1c(C(=O)O)nc(I)n1Cc1cc(-c2ccc(Cl)s2)on1. The molecule has 0 amide bonds. The van der Waals surface area contributed by atoms with Gasteiger partial charge in [0.1, 0.15) is 5.69 Å². The van der Waals surface area contributed by atoms with E-state index in [-0.39, 0.29) is 5.69 Å².